The lowest BCUT2D eigenvalue weighted by atomic mass is 10.2. The Bertz CT molecular complexity index is 374. The molecule has 0 saturated heterocycles. The van der Waals surface area contributed by atoms with Crippen molar-refractivity contribution in [1.82, 2.24) is 10.6 Å². The highest BCUT2D eigenvalue weighted by molar-refractivity contribution is 7.91. The van der Waals surface area contributed by atoms with E-state index in [-0.39, 0.29) is 17.5 Å². The van der Waals surface area contributed by atoms with Crippen LogP contribution in [0.1, 0.15) is 34.6 Å². The number of carbonyl (C=O) groups is 1. The second kappa shape index (κ2) is 7.69. The molecule has 0 aromatic heterocycles. The largest absolute Gasteiger partial charge is 0.444 e. The molecule has 19 heavy (non-hydrogen) atoms. The summed E-state index contributed by atoms with van der Waals surface area (Å²) in [6.07, 6.45) is -0.470. The van der Waals surface area contributed by atoms with Crippen LogP contribution in [0.3, 0.4) is 0 Å². The Hall–Kier alpha value is -0.820. The molecular weight excluding hydrogens is 268 g/mol. The summed E-state index contributed by atoms with van der Waals surface area (Å²) in [6, 6.07) is -0.0143. The van der Waals surface area contributed by atoms with Crippen LogP contribution in [0.4, 0.5) is 4.79 Å². The predicted octanol–water partition coefficient (Wildman–Crippen LogP) is 0.924. The van der Waals surface area contributed by atoms with Gasteiger partial charge in [0.1, 0.15) is 5.60 Å². The van der Waals surface area contributed by atoms with Crippen molar-refractivity contribution in [2.45, 2.75) is 46.3 Å². The molecule has 0 bridgehead atoms. The first kappa shape index (κ1) is 18.2. The molecule has 2 N–H and O–H groups in total. The molecule has 0 aliphatic rings. The summed E-state index contributed by atoms with van der Waals surface area (Å²) in [4.78, 5) is 11.4. The van der Waals surface area contributed by atoms with E-state index in [4.69, 9.17) is 4.74 Å². The first-order valence-corrected chi connectivity index (χ1v) is 8.28. The number of hydrogen-bond acceptors (Lipinski definition) is 5. The quantitative estimate of drug-likeness (QED) is 0.729. The number of sulfone groups is 1. The van der Waals surface area contributed by atoms with Gasteiger partial charge in [0.15, 0.2) is 9.84 Å². The van der Waals surface area contributed by atoms with Crippen molar-refractivity contribution in [2.24, 2.45) is 0 Å². The molecule has 6 nitrogen and oxygen atoms in total. The molecule has 1 amide bonds. The van der Waals surface area contributed by atoms with Crippen LogP contribution in [0.15, 0.2) is 0 Å². The Morgan fingerprint density at radius 2 is 1.89 bits per heavy atom. The minimum absolute atomic E-state index is 0.0143. The average Bonchev–Trinajstić information content (AvgIpc) is 2.24. The van der Waals surface area contributed by atoms with Crippen LogP contribution in [-0.4, -0.2) is 50.7 Å². The molecule has 114 valence electrons. The Labute approximate surface area is 116 Å². The van der Waals surface area contributed by atoms with Crippen molar-refractivity contribution in [1.29, 1.82) is 0 Å². The molecule has 0 aromatic rings. The van der Waals surface area contributed by atoms with Gasteiger partial charge in [-0.15, -0.1) is 0 Å². The van der Waals surface area contributed by atoms with Crippen molar-refractivity contribution in [3.8, 4) is 0 Å². The van der Waals surface area contributed by atoms with Crippen molar-refractivity contribution in [3.05, 3.63) is 0 Å². The van der Waals surface area contributed by atoms with Crippen LogP contribution < -0.4 is 10.6 Å². The molecule has 0 fully saturated rings. The summed E-state index contributed by atoms with van der Waals surface area (Å²) in [7, 11) is -2.94. The van der Waals surface area contributed by atoms with E-state index in [2.05, 4.69) is 10.6 Å². The van der Waals surface area contributed by atoms with Gasteiger partial charge in [-0.1, -0.05) is 6.92 Å². The summed E-state index contributed by atoms with van der Waals surface area (Å²) in [5.74, 6) is 0.263. The number of amides is 1. The Morgan fingerprint density at radius 1 is 1.32 bits per heavy atom. The molecule has 0 radical (unpaired) electrons. The van der Waals surface area contributed by atoms with Gasteiger partial charge in [0.25, 0.3) is 0 Å². The van der Waals surface area contributed by atoms with Gasteiger partial charge in [-0.25, -0.2) is 13.2 Å². The third-order valence-electron chi connectivity index (χ3n) is 2.30. The highest BCUT2D eigenvalue weighted by atomic mass is 32.2. The number of alkyl carbamates (subject to hydrolysis) is 1. The molecule has 1 unspecified atom stereocenters. The van der Waals surface area contributed by atoms with Crippen molar-refractivity contribution < 1.29 is 17.9 Å². The van der Waals surface area contributed by atoms with Gasteiger partial charge in [0, 0.05) is 24.9 Å². The van der Waals surface area contributed by atoms with E-state index in [0.29, 0.717) is 13.1 Å². The number of nitrogens with one attached hydrogen (secondary N) is 2. The fraction of sp³-hybridized carbons (Fsp3) is 0.917. The minimum Gasteiger partial charge on any atom is -0.444 e. The van der Waals surface area contributed by atoms with Gasteiger partial charge < -0.3 is 15.4 Å². The maximum Gasteiger partial charge on any atom is 0.407 e. The Kier molecular flexibility index (Phi) is 7.36. The third kappa shape index (κ3) is 10.8. The topological polar surface area (TPSA) is 84.5 Å². The summed E-state index contributed by atoms with van der Waals surface area (Å²) in [5, 5.41) is 5.67. The molecule has 1 atom stereocenters. The average molecular weight is 294 g/mol. The van der Waals surface area contributed by atoms with Crippen LogP contribution in [0, 0.1) is 0 Å². The molecule has 0 aliphatic carbocycles. The van der Waals surface area contributed by atoms with E-state index >= 15 is 0 Å². The van der Waals surface area contributed by atoms with Crippen LogP contribution in [-0.2, 0) is 14.6 Å². The van der Waals surface area contributed by atoms with Crippen molar-refractivity contribution >= 4 is 15.9 Å². The van der Waals surface area contributed by atoms with Gasteiger partial charge in [0.05, 0.1) is 5.75 Å². The normalized spacial score (nSPS) is 13.9. The summed E-state index contributed by atoms with van der Waals surface area (Å²) in [6.45, 7) is 9.66. The summed E-state index contributed by atoms with van der Waals surface area (Å²) < 4.78 is 27.6. The standard InChI is InChI=1S/C12H26N2O4S/c1-6-19(16,17)8-7-13-10(2)9-14-11(15)18-12(3,4)5/h10,13H,6-9H2,1-5H3,(H,14,15). The van der Waals surface area contributed by atoms with E-state index in [1.165, 1.54) is 0 Å². The smallest absolute Gasteiger partial charge is 0.407 e. The number of ether oxygens (including phenoxy) is 1. The third-order valence-corrected chi connectivity index (χ3v) is 4.00. The molecule has 0 aromatic carbocycles. The van der Waals surface area contributed by atoms with E-state index in [1.54, 1.807) is 27.7 Å². The summed E-state index contributed by atoms with van der Waals surface area (Å²) >= 11 is 0. The molecule has 7 heteroatoms. The number of rotatable bonds is 7. The maximum absolute atomic E-state index is 11.4. The van der Waals surface area contributed by atoms with Gasteiger partial charge >= 0.3 is 6.09 Å². The van der Waals surface area contributed by atoms with Crippen molar-refractivity contribution in [3.63, 3.8) is 0 Å². The zero-order chi connectivity index (χ0) is 15.1. The first-order valence-electron chi connectivity index (χ1n) is 6.46. The fourth-order valence-corrected chi connectivity index (χ4v) is 1.95. The zero-order valence-electron chi connectivity index (χ0n) is 12.4. The van der Waals surface area contributed by atoms with Gasteiger partial charge in [-0.3, -0.25) is 0 Å². The lowest BCUT2D eigenvalue weighted by Gasteiger charge is -2.21. The highest BCUT2D eigenvalue weighted by Gasteiger charge is 2.16. The number of hydrogen-bond donors (Lipinski definition) is 2. The molecule has 0 spiro atoms. The van der Waals surface area contributed by atoms with Crippen molar-refractivity contribution in [2.75, 3.05) is 24.6 Å². The minimum atomic E-state index is -2.94. The van der Waals surface area contributed by atoms with Crippen LogP contribution in [0.25, 0.3) is 0 Å². The first-order chi connectivity index (χ1) is 8.56. The molecule has 0 saturated carbocycles. The molecular formula is C12H26N2O4S. The second-order valence-corrected chi connectivity index (χ2v) is 7.95. The summed E-state index contributed by atoms with van der Waals surface area (Å²) in [5.41, 5.74) is -0.518. The zero-order valence-corrected chi connectivity index (χ0v) is 13.3. The van der Waals surface area contributed by atoms with E-state index in [1.807, 2.05) is 6.92 Å². The maximum atomic E-state index is 11.4. The molecule has 0 rings (SSSR count). The monoisotopic (exact) mass is 294 g/mol. The predicted molar refractivity (Wildman–Crippen MR) is 76.0 cm³/mol. The van der Waals surface area contributed by atoms with E-state index in [0.717, 1.165) is 0 Å². The van der Waals surface area contributed by atoms with E-state index in [9.17, 15) is 13.2 Å². The number of carbonyl (C=O) groups excluding carboxylic acids is 1. The molecule has 0 heterocycles. The molecule has 0 aliphatic heterocycles. The van der Waals surface area contributed by atoms with E-state index < -0.39 is 21.5 Å². The lowest BCUT2D eigenvalue weighted by molar-refractivity contribution is 0.0523. The van der Waals surface area contributed by atoms with Crippen LogP contribution >= 0.6 is 0 Å². The van der Waals surface area contributed by atoms with Gasteiger partial charge in [-0.05, 0) is 27.7 Å². The fourth-order valence-electron chi connectivity index (χ4n) is 1.23. The Morgan fingerprint density at radius 3 is 2.37 bits per heavy atom. The van der Waals surface area contributed by atoms with Gasteiger partial charge in [-0.2, -0.15) is 0 Å². The second-order valence-electron chi connectivity index (χ2n) is 5.47. The van der Waals surface area contributed by atoms with Crippen LogP contribution in [0.5, 0.6) is 0 Å². The SMILES string of the molecule is CCS(=O)(=O)CCNC(C)CNC(=O)OC(C)(C)C. The van der Waals surface area contributed by atoms with Gasteiger partial charge in [0.2, 0.25) is 0 Å². The van der Waals surface area contributed by atoms with Crippen LogP contribution in [0.2, 0.25) is 0 Å². The Balaban J connectivity index is 3.82. The highest BCUT2D eigenvalue weighted by Crippen LogP contribution is 2.06. The lowest BCUT2D eigenvalue weighted by Crippen LogP contribution is -2.42.